The Morgan fingerprint density at radius 3 is 2.63 bits per heavy atom. The van der Waals surface area contributed by atoms with Crippen molar-refractivity contribution < 1.29 is 33.1 Å². The van der Waals surface area contributed by atoms with Gasteiger partial charge in [0, 0.05) is 66.9 Å². The number of benzene rings is 2. The third kappa shape index (κ3) is 5.44. The van der Waals surface area contributed by atoms with Crippen LogP contribution in [0.1, 0.15) is 77.1 Å². The van der Waals surface area contributed by atoms with Crippen molar-refractivity contribution in [2.24, 2.45) is 0 Å². The molecule has 202 valence electrons. The lowest BCUT2D eigenvalue weighted by Crippen LogP contribution is -2.56. The van der Waals surface area contributed by atoms with E-state index in [1.54, 1.807) is 17.4 Å². The molecule has 2 aromatic rings. The van der Waals surface area contributed by atoms with Gasteiger partial charge < -0.3 is 15.0 Å². The molecule has 2 N–H and O–H groups in total. The quantitative estimate of drug-likeness (QED) is 0.556. The molecule has 3 aliphatic rings. The third-order valence-corrected chi connectivity index (χ3v) is 6.43. The summed E-state index contributed by atoms with van der Waals surface area (Å²) in [7, 11) is 0. The van der Waals surface area contributed by atoms with Gasteiger partial charge in [-0.25, -0.2) is 4.39 Å². The van der Waals surface area contributed by atoms with E-state index in [0.717, 1.165) is 5.56 Å². The number of amides is 3. The molecule has 1 unspecified atom stereocenters. The summed E-state index contributed by atoms with van der Waals surface area (Å²) >= 11 is 0. The monoisotopic (exact) mass is 529 g/mol. The molecular formula is C29H35FN4O4. The number of hydrogen-bond acceptors (Lipinski definition) is 6. The van der Waals surface area contributed by atoms with E-state index in [4.69, 9.17) is 14.3 Å². The van der Waals surface area contributed by atoms with Crippen molar-refractivity contribution in [1.82, 2.24) is 15.1 Å². The van der Waals surface area contributed by atoms with Crippen LogP contribution in [-0.4, -0.2) is 57.8 Å². The van der Waals surface area contributed by atoms with E-state index in [9.17, 15) is 18.8 Å². The number of hydrogen-bond donors (Lipinski definition) is 2. The molecule has 0 aliphatic carbocycles. The van der Waals surface area contributed by atoms with E-state index in [2.05, 4.69) is 10.2 Å². The van der Waals surface area contributed by atoms with Gasteiger partial charge in [-0.2, -0.15) is 0 Å². The van der Waals surface area contributed by atoms with E-state index >= 15 is 0 Å². The van der Waals surface area contributed by atoms with Crippen molar-refractivity contribution in [2.75, 3.05) is 18.4 Å². The van der Waals surface area contributed by atoms with Gasteiger partial charge in [0.2, 0.25) is 11.8 Å². The van der Waals surface area contributed by atoms with Gasteiger partial charge in [-0.3, -0.25) is 24.6 Å². The lowest BCUT2D eigenvalue weighted by molar-refractivity contribution is -0.182. The van der Waals surface area contributed by atoms with Gasteiger partial charge in [0.15, 0.2) is 0 Å². The molecule has 3 heterocycles. The van der Waals surface area contributed by atoms with Crippen molar-refractivity contribution in [2.45, 2.75) is 77.2 Å². The number of fused-ring (bicyclic) bond motifs is 1. The minimum atomic E-state index is -3.65. The maximum absolute atomic E-state index is 15.0. The predicted octanol–water partition coefficient (Wildman–Crippen LogP) is 3.59. The topological polar surface area (TPSA) is 91.0 Å². The minimum Gasteiger partial charge on any atom is -0.381 e. The molecule has 0 aromatic heterocycles. The fourth-order valence-corrected chi connectivity index (χ4v) is 5.33. The van der Waals surface area contributed by atoms with Crippen molar-refractivity contribution in [3.05, 3.63) is 64.5 Å². The smallest absolute Gasteiger partial charge is 0.255 e. The van der Waals surface area contributed by atoms with Crippen molar-refractivity contribution in [3.8, 4) is 0 Å². The Hall–Kier alpha value is -3.30. The number of piperidine rings is 1. The molecule has 9 heteroatoms. The highest BCUT2D eigenvalue weighted by Crippen LogP contribution is 2.33. The summed E-state index contributed by atoms with van der Waals surface area (Å²) in [4.78, 5) is 40.9. The maximum atomic E-state index is 15.0. The molecule has 38 heavy (non-hydrogen) atoms. The second-order valence-corrected chi connectivity index (χ2v) is 10.9. The van der Waals surface area contributed by atoms with Crippen LogP contribution in [0.2, 0.25) is 0 Å². The second-order valence-electron chi connectivity index (χ2n) is 10.9. The highest BCUT2D eigenvalue weighted by molar-refractivity contribution is 6.06. The lowest BCUT2D eigenvalue weighted by atomic mass is 9.98. The average Bonchev–Trinajstić information content (AvgIpc) is 3.11. The van der Waals surface area contributed by atoms with Crippen LogP contribution >= 0.6 is 0 Å². The Labute approximate surface area is 232 Å². The zero-order chi connectivity index (χ0) is 33.5. The Kier molecular flexibility index (Phi) is 4.86. The standard InChI is InChI=1S/C29H35FN4O4/c1-28(2)16-33(17-29(3,4)38-28)14-18-8-9-22(30)19(12-18)13-31-23-7-5-6-20-21(23)15-34(27(20)37)24-10-11-25(35)32-26(24)36/h5-9,12,24,31H,10-11,13-17H2,1-4H3,(H,32,35,36)/i10D2,11D2,15D2,24D. The van der Waals surface area contributed by atoms with Crippen LogP contribution in [-0.2, 0) is 33.9 Å². The summed E-state index contributed by atoms with van der Waals surface area (Å²) < 4.78 is 80.1. The van der Waals surface area contributed by atoms with Gasteiger partial charge in [-0.15, -0.1) is 0 Å². The van der Waals surface area contributed by atoms with E-state index in [-0.39, 0.29) is 45.0 Å². The number of nitrogens with zero attached hydrogens (tertiary/aromatic N) is 2. The van der Waals surface area contributed by atoms with Crippen LogP contribution in [0.4, 0.5) is 10.1 Å². The fraction of sp³-hybridized carbons (Fsp3) is 0.483. The Bertz CT molecular complexity index is 1590. The Morgan fingerprint density at radius 1 is 1.16 bits per heavy atom. The van der Waals surface area contributed by atoms with E-state index in [1.807, 2.05) is 27.7 Å². The largest absolute Gasteiger partial charge is 0.381 e. The summed E-state index contributed by atoms with van der Waals surface area (Å²) in [5.74, 6) is -5.09. The predicted molar refractivity (Wildman–Crippen MR) is 141 cm³/mol. The molecule has 0 spiro atoms. The number of carbonyl (C=O) groups excluding carboxylic acids is 3. The number of halogens is 1. The highest BCUT2D eigenvalue weighted by Gasteiger charge is 2.40. The molecule has 0 radical (unpaired) electrons. The Balaban J connectivity index is 1.43. The molecule has 3 aliphatic heterocycles. The van der Waals surface area contributed by atoms with Gasteiger partial charge in [0.25, 0.3) is 5.91 Å². The summed E-state index contributed by atoms with van der Waals surface area (Å²) in [6.45, 7) is 6.75. The van der Waals surface area contributed by atoms with Gasteiger partial charge in [0.1, 0.15) is 11.8 Å². The number of morpholine rings is 1. The SMILES string of the molecule is [2H]C1([2H])c2c(NCc3cc(CN4CC(C)(C)OC(C)(C)C4)ccc3F)cccc2C(=O)N1C1([2H])C(=O)NC(=O)C([2H])([2H])C1([2H])[2H]. The first-order valence-electron chi connectivity index (χ1n) is 15.8. The van der Waals surface area contributed by atoms with Crippen molar-refractivity contribution in [3.63, 3.8) is 0 Å². The molecule has 8 nitrogen and oxygen atoms in total. The van der Waals surface area contributed by atoms with Crippen molar-refractivity contribution in [1.29, 1.82) is 0 Å². The van der Waals surface area contributed by atoms with Gasteiger partial charge in [-0.05, 0) is 63.9 Å². The third-order valence-electron chi connectivity index (χ3n) is 6.43. The number of carbonyl (C=O) groups is 3. The van der Waals surface area contributed by atoms with Crippen LogP contribution < -0.4 is 10.6 Å². The van der Waals surface area contributed by atoms with E-state index in [0.29, 0.717) is 19.6 Å². The zero-order valence-electron chi connectivity index (χ0n) is 28.7. The Morgan fingerprint density at radius 2 is 1.89 bits per heavy atom. The number of ether oxygens (including phenoxy) is 1. The number of imide groups is 1. The summed E-state index contributed by atoms with van der Waals surface area (Å²) in [6.07, 6.45) is -7.10. The zero-order valence-corrected chi connectivity index (χ0v) is 21.7. The van der Waals surface area contributed by atoms with Gasteiger partial charge >= 0.3 is 0 Å². The molecule has 5 rings (SSSR count). The molecule has 2 saturated heterocycles. The first kappa shape index (κ1) is 18.9. The highest BCUT2D eigenvalue weighted by atomic mass is 19.1. The first-order valence-corrected chi connectivity index (χ1v) is 12.3. The van der Waals surface area contributed by atoms with Crippen LogP contribution in [0, 0.1) is 5.82 Å². The lowest BCUT2D eigenvalue weighted by Gasteiger charge is -2.47. The maximum Gasteiger partial charge on any atom is 0.255 e. The van der Waals surface area contributed by atoms with Gasteiger partial charge in [-0.1, -0.05) is 12.1 Å². The van der Waals surface area contributed by atoms with E-state index < -0.39 is 48.8 Å². The summed E-state index contributed by atoms with van der Waals surface area (Å²) in [5.41, 5.74) is -0.279. The minimum absolute atomic E-state index is 0.0225. The molecule has 2 aromatic carbocycles. The molecule has 3 amide bonds. The summed E-state index contributed by atoms with van der Waals surface area (Å²) in [6, 6.07) is 5.25. The van der Waals surface area contributed by atoms with Crippen LogP contribution in [0.5, 0.6) is 0 Å². The molecular weight excluding hydrogens is 487 g/mol. The molecule has 0 saturated carbocycles. The first-order chi connectivity index (χ1) is 20.5. The second kappa shape index (κ2) is 9.78. The molecule has 2 fully saturated rings. The van der Waals surface area contributed by atoms with Crippen LogP contribution in [0.25, 0.3) is 0 Å². The van der Waals surface area contributed by atoms with Crippen LogP contribution in [0.3, 0.4) is 0 Å². The average molecular weight is 530 g/mol. The molecule has 1 atom stereocenters. The number of nitrogens with one attached hydrogen (secondary N) is 2. The fourth-order valence-electron chi connectivity index (χ4n) is 5.33. The van der Waals surface area contributed by atoms with Gasteiger partial charge in [0.05, 0.1) is 15.3 Å². The van der Waals surface area contributed by atoms with Crippen LogP contribution in [0.15, 0.2) is 36.4 Å². The summed E-state index contributed by atoms with van der Waals surface area (Å²) in [5, 5.41) is 4.53. The van der Waals surface area contributed by atoms with Crippen molar-refractivity contribution >= 4 is 23.4 Å². The normalized spacial score (nSPS) is 31.4. The number of anilines is 1. The molecule has 0 bridgehead atoms. The van der Waals surface area contributed by atoms with E-state index in [1.165, 1.54) is 24.3 Å². The number of rotatable bonds is 6.